The second-order valence-electron chi connectivity index (χ2n) is 4.82. The van der Waals surface area contributed by atoms with E-state index in [9.17, 15) is 0 Å². The Bertz CT molecular complexity index is 354. The van der Waals surface area contributed by atoms with Gasteiger partial charge in [0.25, 0.3) is 0 Å². The Kier molecular flexibility index (Phi) is 2.63. The molecule has 1 aromatic rings. The van der Waals surface area contributed by atoms with Crippen LogP contribution in [0.5, 0.6) is 0 Å². The quantitative estimate of drug-likeness (QED) is 0.806. The lowest BCUT2D eigenvalue weighted by Gasteiger charge is -2.25. The molecule has 1 aromatic heterocycles. The number of nitrogens with one attached hydrogen (secondary N) is 1. The predicted molar refractivity (Wildman–Crippen MR) is 62.0 cm³/mol. The summed E-state index contributed by atoms with van der Waals surface area (Å²) in [5.41, 5.74) is 2.26. The zero-order valence-electron chi connectivity index (χ0n) is 9.80. The molecule has 0 saturated heterocycles. The van der Waals surface area contributed by atoms with Crippen LogP contribution in [0.1, 0.15) is 44.0 Å². The minimum absolute atomic E-state index is 0.233. The van der Waals surface area contributed by atoms with Crippen molar-refractivity contribution in [2.24, 2.45) is 0 Å². The third-order valence-corrected chi connectivity index (χ3v) is 3.33. The number of rotatable bonds is 2. The van der Waals surface area contributed by atoms with Gasteiger partial charge in [0.2, 0.25) is 0 Å². The minimum atomic E-state index is 0.233. The molecule has 0 aromatic carbocycles. The molecule has 1 saturated carbocycles. The molecular formula is C12H19N3. The molecule has 0 bridgehead atoms. The van der Waals surface area contributed by atoms with Crippen molar-refractivity contribution in [3.8, 4) is 0 Å². The summed E-state index contributed by atoms with van der Waals surface area (Å²) >= 11 is 0. The molecule has 1 aliphatic rings. The van der Waals surface area contributed by atoms with Crippen LogP contribution in [0.3, 0.4) is 0 Å². The first-order chi connectivity index (χ1) is 7.09. The number of anilines is 1. The van der Waals surface area contributed by atoms with E-state index in [1.807, 2.05) is 20.0 Å². The lowest BCUT2D eigenvalue weighted by molar-refractivity contribution is 0.530. The van der Waals surface area contributed by atoms with Gasteiger partial charge in [-0.25, -0.2) is 4.98 Å². The first kappa shape index (κ1) is 10.4. The summed E-state index contributed by atoms with van der Waals surface area (Å²) in [6, 6.07) is 0. The highest BCUT2D eigenvalue weighted by molar-refractivity contribution is 5.37. The smallest absolute Gasteiger partial charge is 0.145 e. The van der Waals surface area contributed by atoms with Gasteiger partial charge in [0.1, 0.15) is 5.82 Å². The highest BCUT2D eigenvalue weighted by Crippen LogP contribution is 2.31. The second kappa shape index (κ2) is 3.80. The van der Waals surface area contributed by atoms with Gasteiger partial charge in [-0.3, -0.25) is 4.98 Å². The summed E-state index contributed by atoms with van der Waals surface area (Å²) in [5.74, 6) is 0.919. The maximum absolute atomic E-state index is 4.51. The van der Waals surface area contributed by atoms with Crippen molar-refractivity contribution in [3.05, 3.63) is 17.6 Å². The minimum Gasteiger partial charge on any atom is -0.364 e. The molecule has 0 atom stereocenters. The van der Waals surface area contributed by atoms with Gasteiger partial charge in [-0.05, 0) is 33.6 Å². The molecule has 0 unspecified atom stereocenters. The second-order valence-corrected chi connectivity index (χ2v) is 4.82. The predicted octanol–water partition coefficient (Wildman–Crippen LogP) is 2.84. The number of aromatic nitrogens is 2. The molecule has 1 aliphatic carbocycles. The van der Waals surface area contributed by atoms with Gasteiger partial charge in [0.05, 0.1) is 17.6 Å². The van der Waals surface area contributed by atoms with Gasteiger partial charge < -0.3 is 5.32 Å². The van der Waals surface area contributed by atoms with E-state index in [2.05, 4.69) is 22.2 Å². The zero-order valence-corrected chi connectivity index (χ0v) is 9.80. The first-order valence-electron chi connectivity index (χ1n) is 5.67. The summed E-state index contributed by atoms with van der Waals surface area (Å²) in [4.78, 5) is 8.83. The number of aryl methyl sites for hydroxylation is 2. The fraction of sp³-hybridized carbons (Fsp3) is 0.667. The van der Waals surface area contributed by atoms with E-state index in [-0.39, 0.29) is 5.54 Å². The Labute approximate surface area is 91.3 Å². The first-order valence-corrected chi connectivity index (χ1v) is 5.67. The molecule has 1 heterocycles. The van der Waals surface area contributed by atoms with Gasteiger partial charge in [0, 0.05) is 5.54 Å². The largest absolute Gasteiger partial charge is 0.364 e. The normalized spacial score (nSPS) is 19.1. The van der Waals surface area contributed by atoms with Crippen LogP contribution in [0.15, 0.2) is 6.20 Å². The fourth-order valence-electron chi connectivity index (χ4n) is 2.19. The number of hydrogen-bond acceptors (Lipinski definition) is 3. The molecular weight excluding hydrogens is 186 g/mol. The molecule has 1 N–H and O–H groups in total. The molecule has 15 heavy (non-hydrogen) atoms. The summed E-state index contributed by atoms with van der Waals surface area (Å²) < 4.78 is 0. The molecule has 0 spiro atoms. The summed E-state index contributed by atoms with van der Waals surface area (Å²) in [7, 11) is 0. The molecule has 0 radical (unpaired) electrons. The lowest BCUT2D eigenvalue weighted by Crippen LogP contribution is -2.31. The molecule has 0 aliphatic heterocycles. The van der Waals surface area contributed by atoms with Crippen molar-refractivity contribution >= 4 is 5.82 Å². The van der Waals surface area contributed by atoms with Crippen molar-refractivity contribution < 1.29 is 0 Å². The van der Waals surface area contributed by atoms with E-state index in [1.165, 1.54) is 25.7 Å². The molecule has 2 rings (SSSR count). The SMILES string of the molecule is Cc1ncc(NC2(C)CCCC2)nc1C. The van der Waals surface area contributed by atoms with Crippen LogP contribution in [0.4, 0.5) is 5.82 Å². The van der Waals surface area contributed by atoms with Crippen LogP contribution in [0.25, 0.3) is 0 Å². The van der Waals surface area contributed by atoms with E-state index in [0.717, 1.165) is 17.2 Å². The van der Waals surface area contributed by atoms with E-state index in [0.29, 0.717) is 0 Å². The van der Waals surface area contributed by atoms with Gasteiger partial charge in [-0.1, -0.05) is 12.8 Å². The Balaban J connectivity index is 2.13. The Morgan fingerprint density at radius 3 is 2.47 bits per heavy atom. The molecule has 1 fully saturated rings. The van der Waals surface area contributed by atoms with Crippen LogP contribution in [0.2, 0.25) is 0 Å². The third kappa shape index (κ3) is 2.28. The molecule has 3 nitrogen and oxygen atoms in total. The average Bonchev–Trinajstić information content (AvgIpc) is 2.59. The average molecular weight is 205 g/mol. The molecule has 3 heteroatoms. The van der Waals surface area contributed by atoms with E-state index in [4.69, 9.17) is 0 Å². The van der Waals surface area contributed by atoms with Crippen LogP contribution in [-0.2, 0) is 0 Å². The molecule has 0 amide bonds. The summed E-state index contributed by atoms with van der Waals surface area (Å²) in [6.07, 6.45) is 6.96. The number of hydrogen-bond donors (Lipinski definition) is 1. The van der Waals surface area contributed by atoms with E-state index in [1.54, 1.807) is 0 Å². The van der Waals surface area contributed by atoms with E-state index >= 15 is 0 Å². The Morgan fingerprint density at radius 1 is 1.20 bits per heavy atom. The van der Waals surface area contributed by atoms with Crippen molar-refractivity contribution in [1.82, 2.24) is 9.97 Å². The van der Waals surface area contributed by atoms with Crippen molar-refractivity contribution in [2.45, 2.75) is 52.0 Å². The molecule has 82 valence electrons. The van der Waals surface area contributed by atoms with Gasteiger partial charge in [-0.2, -0.15) is 0 Å². The fourth-order valence-corrected chi connectivity index (χ4v) is 2.19. The maximum atomic E-state index is 4.51. The lowest BCUT2D eigenvalue weighted by atomic mass is 10.0. The number of nitrogens with zero attached hydrogens (tertiary/aromatic N) is 2. The standard InChI is InChI=1S/C12H19N3/c1-9-10(2)14-11(8-13-9)15-12(3)6-4-5-7-12/h8H,4-7H2,1-3H3,(H,14,15). The van der Waals surface area contributed by atoms with Crippen molar-refractivity contribution in [1.29, 1.82) is 0 Å². The van der Waals surface area contributed by atoms with Crippen LogP contribution >= 0.6 is 0 Å². The monoisotopic (exact) mass is 205 g/mol. The Hall–Kier alpha value is -1.12. The Morgan fingerprint density at radius 2 is 1.87 bits per heavy atom. The highest BCUT2D eigenvalue weighted by Gasteiger charge is 2.28. The highest BCUT2D eigenvalue weighted by atomic mass is 15.1. The van der Waals surface area contributed by atoms with Crippen LogP contribution < -0.4 is 5.32 Å². The van der Waals surface area contributed by atoms with Gasteiger partial charge in [-0.15, -0.1) is 0 Å². The summed E-state index contributed by atoms with van der Waals surface area (Å²) in [5, 5.41) is 3.51. The van der Waals surface area contributed by atoms with E-state index < -0.39 is 0 Å². The van der Waals surface area contributed by atoms with Crippen molar-refractivity contribution in [3.63, 3.8) is 0 Å². The zero-order chi connectivity index (χ0) is 10.9. The van der Waals surface area contributed by atoms with Gasteiger partial charge >= 0.3 is 0 Å². The van der Waals surface area contributed by atoms with Crippen molar-refractivity contribution in [2.75, 3.05) is 5.32 Å². The third-order valence-electron chi connectivity index (χ3n) is 3.33. The van der Waals surface area contributed by atoms with Crippen LogP contribution in [0, 0.1) is 13.8 Å². The van der Waals surface area contributed by atoms with Gasteiger partial charge in [0.15, 0.2) is 0 Å². The maximum Gasteiger partial charge on any atom is 0.145 e. The van der Waals surface area contributed by atoms with Crippen LogP contribution in [-0.4, -0.2) is 15.5 Å². The summed E-state index contributed by atoms with van der Waals surface area (Å²) in [6.45, 7) is 6.27. The topological polar surface area (TPSA) is 37.8 Å².